The molecule has 1 atom stereocenters. The minimum atomic E-state index is 0.255. The van der Waals surface area contributed by atoms with Crippen molar-refractivity contribution < 1.29 is 4.79 Å². The van der Waals surface area contributed by atoms with Crippen LogP contribution in [0.25, 0.3) is 0 Å². The average Bonchev–Trinajstić information content (AvgIpc) is 2.76. The highest BCUT2D eigenvalue weighted by Crippen LogP contribution is 2.27. The first kappa shape index (κ1) is 15.5. The van der Waals surface area contributed by atoms with Gasteiger partial charge in [-0.15, -0.1) is 0 Å². The second-order valence-corrected chi connectivity index (χ2v) is 6.58. The van der Waals surface area contributed by atoms with Crippen LogP contribution in [0.4, 0.5) is 5.69 Å². The topological polar surface area (TPSA) is 49.6 Å². The van der Waals surface area contributed by atoms with Gasteiger partial charge in [0, 0.05) is 37.8 Å². The first-order chi connectivity index (χ1) is 10.7. The van der Waals surface area contributed by atoms with Crippen LogP contribution in [0, 0.1) is 0 Å². The highest BCUT2D eigenvalue weighted by molar-refractivity contribution is 5.94. The van der Waals surface area contributed by atoms with Crippen LogP contribution in [0.1, 0.15) is 37.7 Å². The molecule has 0 aromatic heterocycles. The minimum absolute atomic E-state index is 0.255. The van der Waals surface area contributed by atoms with Gasteiger partial charge in [0.15, 0.2) is 0 Å². The van der Waals surface area contributed by atoms with E-state index in [0.717, 1.165) is 51.1 Å². The zero-order valence-corrected chi connectivity index (χ0v) is 13.3. The Morgan fingerprint density at radius 3 is 2.95 bits per heavy atom. The van der Waals surface area contributed by atoms with Gasteiger partial charge in [-0.05, 0) is 43.9 Å². The number of nitrogens with two attached hydrogens (primary N) is 1. The fourth-order valence-electron chi connectivity index (χ4n) is 3.64. The molecule has 0 bridgehead atoms. The van der Waals surface area contributed by atoms with Crippen molar-refractivity contribution in [1.29, 1.82) is 0 Å². The molecule has 1 amide bonds. The van der Waals surface area contributed by atoms with E-state index in [9.17, 15) is 4.79 Å². The van der Waals surface area contributed by atoms with Crippen LogP contribution in [0.3, 0.4) is 0 Å². The van der Waals surface area contributed by atoms with Crippen molar-refractivity contribution in [3.63, 3.8) is 0 Å². The predicted octanol–water partition coefficient (Wildman–Crippen LogP) is 2.17. The lowest BCUT2D eigenvalue weighted by atomic mass is 10.0. The Labute approximate surface area is 133 Å². The van der Waals surface area contributed by atoms with Crippen LogP contribution in [0.5, 0.6) is 0 Å². The first-order valence-electron chi connectivity index (χ1n) is 8.60. The summed E-state index contributed by atoms with van der Waals surface area (Å²) in [6, 6.07) is 8.58. The van der Waals surface area contributed by atoms with E-state index in [4.69, 9.17) is 5.73 Å². The summed E-state index contributed by atoms with van der Waals surface area (Å²) in [6.45, 7) is 3.71. The number of rotatable bonds is 3. The Balaban J connectivity index is 1.58. The summed E-state index contributed by atoms with van der Waals surface area (Å²) >= 11 is 0. The lowest BCUT2D eigenvalue weighted by Crippen LogP contribution is -2.40. The number of benzene rings is 1. The Morgan fingerprint density at radius 1 is 1.18 bits per heavy atom. The fourth-order valence-corrected chi connectivity index (χ4v) is 3.64. The second-order valence-electron chi connectivity index (χ2n) is 6.58. The van der Waals surface area contributed by atoms with Gasteiger partial charge in [-0.2, -0.15) is 0 Å². The number of hydrogen-bond acceptors (Lipinski definition) is 3. The largest absolute Gasteiger partial charge is 0.327 e. The number of amides is 1. The van der Waals surface area contributed by atoms with Crippen LogP contribution >= 0.6 is 0 Å². The molecule has 1 fully saturated rings. The number of likely N-dealkylation sites (tertiary alicyclic amines) is 1. The third-order valence-electron chi connectivity index (χ3n) is 4.85. The first-order valence-corrected chi connectivity index (χ1v) is 8.60. The quantitative estimate of drug-likeness (QED) is 0.931. The molecule has 120 valence electrons. The fraction of sp³-hybridized carbons (Fsp3) is 0.611. The summed E-state index contributed by atoms with van der Waals surface area (Å²) in [6.07, 6.45) is 6.28. The number of aryl methyl sites for hydroxylation is 1. The molecule has 0 saturated carbocycles. The van der Waals surface area contributed by atoms with Crippen molar-refractivity contribution in [3.05, 3.63) is 29.8 Å². The maximum atomic E-state index is 12.6. The zero-order valence-electron chi connectivity index (χ0n) is 13.3. The monoisotopic (exact) mass is 301 g/mol. The van der Waals surface area contributed by atoms with E-state index in [1.54, 1.807) is 0 Å². The summed E-state index contributed by atoms with van der Waals surface area (Å²) in [5.74, 6) is 0.255. The molecule has 3 rings (SSSR count). The van der Waals surface area contributed by atoms with Gasteiger partial charge < -0.3 is 15.5 Å². The molecular formula is C18H27N3O. The molecule has 0 unspecified atom stereocenters. The van der Waals surface area contributed by atoms with Gasteiger partial charge in [0.1, 0.15) is 0 Å². The van der Waals surface area contributed by atoms with Crippen LogP contribution in [-0.4, -0.2) is 43.0 Å². The van der Waals surface area contributed by atoms with E-state index in [1.165, 1.54) is 18.4 Å². The van der Waals surface area contributed by atoms with E-state index >= 15 is 0 Å². The van der Waals surface area contributed by atoms with Gasteiger partial charge in [0.05, 0.1) is 0 Å². The molecular weight excluding hydrogens is 274 g/mol. The lowest BCUT2D eigenvalue weighted by molar-refractivity contribution is -0.119. The molecule has 4 heteroatoms. The highest BCUT2D eigenvalue weighted by Gasteiger charge is 2.23. The summed E-state index contributed by atoms with van der Waals surface area (Å²) in [5.41, 5.74) is 8.52. The Bertz CT molecular complexity index is 517. The molecule has 2 heterocycles. The van der Waals surface area contributed by atoms with Gasteiger partial charge in [-0.25, -0.2) is 0 Å². The van der Waals surface area contributed by atoms with Crippen molar-refractivity contribution in [2.24, 2.45) is 5.73 Å². The number of hydrogen-bond donors (Lipinski definition) is 1. The van der Waals surface area contributed by atoms with Crippen molar-refractivity contribution in [2.75, 3.05) is 31.1 Å². The Morgan fingerprint density at radius 2 is 2.05 bits per heavy atom. The SMILES string of the molecule is N[C@H]1CCCCN(CCC(=O)N2CCCc3ccccc32)C1. The molecule has 1 saturated heterocycles. The molecule has 1 aromatic rings. The van der Waals surface area contributed by atoms with E-state index < -0.39 is 0 Å². The zero-order chi connectivity index (χ0) is 15.4. The van der Waals surface area contributed by atoms with Gasteiger partial charge in [0.2, 0.25) is 5.91 Å². The minimum Gasteiger partial charge on any atom is -0.327 e. The molecule has 4 nitrogen and oxygen atoms in total. The average molecular weight is 301 g/mol. The summed E-state index contributed by atoms with van der Waals surface area (Å²) in [5, 5.41) is 0. The number of carbonyl (C=O) groups is 1. The maximum absolute atomic E-state index is 12.6. The number of carbonyl (C=O) groups excluding carboxylic acids is 1. The molecule has 1 aromatic carbocycles. The Kier molecular flexibility index (Phi) is 5.11. The second kappa shape index (κ2) is 7.25. The summed E-state index contributed by atoms with van der Waals surface area (Å²) < 4.78 is 0. The summed E-state index contributed by atoms with van der Waals surface area (Å²) in [4.78, 5) is 17.0. The third kappa shape index (κ3) is 3.68. The van der Waals surface area contributed by atoms with Gasteiger partial charge >= 0.3 is 0 Å². The number of para-hydroxylation sites is 1. The van der Waals surface area contributed by atoms with Gasteiger partial charge in [-0.3, -0.25) is 4.79 Å². The van der Waals surface area contributed by atoms with Crippen molar-refractivity contribution >= 4 is 11.6 Å². The van der Waals surface area contributed by atoms with E-state index in [1.807, 2.05) is 11.0 Å². The molecule has 22 heavy (non-hydrogen) atoms. The van der Waals surface area contributed by atoms with E-state index in [0.29, 0.717) is 6.42 Å². The molecule has 0 spiro atoms. The normalized spacial score (nSPS) is 23.0. The maximum Gasteiger partial charge on any atom is 0.228 e. The molecule has 2 aliphatic heterocycles. The Hall–Kier alpha value is -1.39. The highest BCUT2D eigenvalue weighted by atomic mass is 16.2. The van der Waals surface area contributed by atoms with Crippen molar-refractivity contribution in [2.45, 2.75) is 44.6 Å². The van der Waals surface area contributed by atoms with Crippen LogP contribution < -0.4 is 10.6 Å². The molecule has 0 radical (unpaired) electrons. The van der Waals surface area contributed by atoms with Crippen LogP contribution in [-0.2, 0) is 11.2 Å². The number of nitrogens with zero attached hydrogens (tertiary/aromatic N) is 2. The van der Waals surface area contributed by atoms with Gasteiger partial charge in [-0.1, -0.05) is 24.6 Å². The predicted molar refractivity (Wildman–Crippen MR) is 90.0 cm³/mol. The number of fused-ring (bicyclic) bond motifs is 1. The molecule has 2 N–H and O–H groups in total. The lowest BCUT2D eigenvalue weighted by Gasteiger charge is -2.30. The molecule has 0 aliphatic carbocycles. The number of anilines is 1. The summed E-state index contributed by atoms with van der Waals surface area (Å²) in [7, 11) is 0. The van der Waals surface area contributed by atoms with Crippen molar-refractivity contribution in [3.8, 4) is 0 Å². The molecule has 2 aliphatic rings. The van der Waals surface area contributed by atoms with Crippen molar-refractivity contribution in [1.82, 2.24) is 4.90 Å². The van der Waals surface area contributed by atoms with E-state index in [-0.39, 0.29) is 11.9 Å². The van der Waals surface area contributed by atoms with Crippen LogP contribution in [0.2, 0.25) is 0 Å². The van der Waals surface area contributed by atoms with E-state index in [2.05, 4.69) is 23.1 Å². The van der Waals surface area contributed by atoms with Crippen LogP contribution in [0.15, 0.2) is 24.3 Å². The third-order valence-corrected chi connectivity index (χ3v) is 4.85. The smallest absolute Gasteiger partial charge is 0.228 e. The van der Waals surface area contributed by atoms with Gasteiger partial charge in [0.25, 0.3) is 0 Å². The standard InChI is InChI=1S/C18H27N3O/c19-16-8-3-4-11-20(14-16)13-10-18(22)21-12-5-7-15-6-1-2-9-17(15)21/h1-2,6,9,16H,3-5,7-8,10-14,19H2/t16-/m0/s1.